The van der Waals surface area contributed by atoms with Gasteiger partial charge in [-0.2, -0.15) is 0 Å². The van der Waals surface area contributed by atoms with Gasteiger partial charge in [-0.15, -0.1) is 0 Å². The van der Waals surface area contributed by atoms with Crippen molar-refractivity contribution in [2.45, 2.75) is 18.9 Å². The van der Waals surface area contributed by atoms with Crippen molar-refractivity contribution in [3.8, 4) is 33.8 Å². The van der Waals surface area contributed by atoms with Gasteiger partial charge in [0.15, 0.2) is 0 Å². The number of fused-ring (bicyclic) bond motifs is 1. The fourth-order valence-electron chi connectivity index (χ4n) is 3.58. The zero-order valence-electron chi connectivity index (χ0n) is 14.9. The lowest BCUT2D eigenvalue weighted by Gasteiger charge is -2.14. The lowest BCUT2D eigenvalue weighted by atomic mass is 9.94. The fraction of sp³-hybridized carbons (Fsp3) is 0.217. The van der Waals surface area contributed by atoms with E-state index in [4.69, 9.17) is 15.2 Å². The molecule has 3 nitrogen and oxygen atoms in total. The average molecular weight is 345 g/mol. The van der Waals surface area contributed by atoms with Crippen molar-refractivity contribution in [1.29, 1.82) is 0 Å². The standard InChI is InChI=1S/C23H23NO2/c1-25-20-9-5-8-17(13-20)22-15-18(16-6-3-2-4-7-16)12-19-14-21(10-11-24)26-23(19)22/h2-9,12-13,15,21H,10-11,14,24H2,1H3. The third-order valence-electron chi connectivity index (χ3n) is 4.87. The Morgan fingerprint density at radius 3 is 2.54 bits per heavy atom. The molecule has 2 N–H and O–H groups in total. The SMILES string of the molecule is COc1cccc(-c2cc(-c3ccccc3)cc3c2OC(CCN)C3)c1. The first-order valence-electron chi connectivity index (χ1n) is 9.02. The van der Waals surface area contributed by atoms with Crippen LogP contribution in [0.3, 0.4) is 0 Å². The number of hydrogen-bond acceptors (Lipinski definition) is 3. The molecule has 3 aromatic carbocycles. The summed E-state index contributed by atoms with van der Waals surface area (Å²) in [6, 6.07) is 23.1. The maximum Gasteiger partial charge on any atom is 0.130 e. The van der Waals surface area contributed by atoms with Crippen molar-refractivity contribution in [3.63, 3.8) is 0 Å². The van der Waals surface area contributed by atoms with Gasteiger partial charge in [0.05, 0.1) is 7.11 Å². The van der Waals surface area contributed by atoms with Gasteiger partial charge < -0.3 is 15.2 Å². The Bertz CT molecular complexity index is 905. The number of benzene rings is 3. The van der Waals surface area contributed by atoms with E-state index >= 15 is 0 Å². The smallest absolute Gasteiger partial charge is 0.130 e. The Morgan fingerprint density at radius 2 is 1.77 bits per heavy atom. The molecule has 0 aromatic heterocycles. The van der Waals surface area contributed by atoms with Crippen LogP contribution in [0.5, 0.6) is 11.5 Å². The van der Waals surface area contributed by atoms with Crippen molar-refractivity contribution >= 4 is 0 Å². The Labute approximate surface area is 154 Å². The summed E-state index contributed by atoms with van der Waals surface area (Å²) in [5.74, 6) is 1.83. The van der Waals surface area contributed by atoms with E-state index < -0.39 is 0 Å². The minimum atomic E-state index is 0.158. The van der Waals surface area contributed by atoms with E-state index in [0.717, 1.165) is 35.5 Å². The number of rotatable bonds is 5. The highest BCUT2D eigenvalue weighted by molar-refractivity contribution is 5.80. The zero-order valence-corrected chi connectivity index (χ0v) is 14.9. The summed E-state index contributed by atoms with van der Waals surface area (Å²) in [5.41, 5.74) is 11.6. The Kier molecular flexibility index (Phi) is 4.63. The molecule has 1 aliphatic heterocycles. The van der Waals surface area contributed by atoms with E-state index in [0.29, 0.717) is 6.54 Å². The van der Waals surface area contributed by atoms with E-state index in [1.807, 2.05) is 18.2 Å². The van der Waals surface area contributed by atoms with Crippen LogP contribution in [-0.2, 0) is 6.42 Å². The molecule has 0 amide bonds. The van der Waals surface area contributed by atoms with Crippen LogP contribution in [-0.4, -0.2) is 19.8 Å². The minimum Gasteiger partial charge on any atom is -0.497 e. The monoisotopic (exact) mass is 345 g/mol. The Hall–Kier alpha value is -2.78. The molecule has 3 aromatic rings. The summed E-state index contributed by atoms with van der Waals surface area (Å²) in [6.45, 7) is 0.638. The van der Waals surface area contributed by atoms with Gasteiger partial charge in [-0.1, -0.05) is 42.5 Å². The topological polar surface area (TPSA) is 44.5 Å². The van der Waals surface area contributed by atoms with Crippen LogP contribution >= 0.6 is 0 Å². The van der Waals surface area contributed by atoms with Crippen molar-refractivity contribution in [2.75, 3.05) is 13.7 Å². The molecule has 1 heterocycles. The highest BCUT2D eigenvalue weighted by Crippen LogP contribution is 2.43. The quantitative estimate of drug-likeness (QED) is 0.730. The Morgan fingerprint density at radius 1 is 0.962 bits per heavy atom. The van der Waals surface area contributed by atoms with Crippen molar-refractivity contribution in [3.05, 3.63) is 72.3 Å². The predicted octanol–water partition coefficient (Wildman–Crippen LogP) is 4.68. The highest BCUT2D eigenvalue weighted by Gasteiger charge is 2.26. The summed E-state index contributed by atoms with van der Waals surface area (Å²) in [4.78, 5) is 0. The molecule has 132 valence electrons. The van der Waals surface area contributed by atoms with Crippen LogP contribution in [0.4, 0.5) is 0 Å². The number of methoxy groups -OCH3 is 1. The second kappa shape index (κ2) is 7.22. The van der Waals surface area contributed by atoms with E-state index in [1.165, 1.54) is 16.7 Å². The van der Waals surface area contributed by atoms with Gasteiger partial charge in [0.1, 0.15) is 17.6 Å². The summed E-state index contributed by atoms with van der Waals surface area (Å²) in [5, 5.41) is 0. The van der Waals surface area contributed by atoms with Crippen LogP contribution in [0, 0.1) is 0 Å². The molecule has 1 aliphatic rings. The molecule has 1 atom stereocenters. The summed E-state index contributed by atoms with van der Waals surface area (Å²) < 4.78 is 11.7. The van der Waals surface area contributed by atoms with Crippen molar-refractivity contribution < 1.29 is 9.47 Å². The minimum absolute atomic E-state index is 0.158. The predicted molar refractivity (Wildman–Crippen MR) is 106 cm³/mol. The molecule has 0 saturated heterocycles. The maximum absolute atomic E-state index is 6.28. The Balaban J connectivity index is 1.85. The van der Waals surface area contributed by atoms with Crippen LogP contribution < -0.4 is 15.2 Å². The summed E-state index contributed by atoms with van der Waals surface area (Å²) in [6.07, 6.45) is 1.93. The fourth-order valence-corrected chi connectivity index (χ4v) is 3.58. The van der Waals surface area contributed by atoms with Gasteiger partial charge in [-0.25, -0.2) is 0 Å². The molecule has 1 unspecified atom stereocenters. The van der Waals surface area contributed by atoms with Crippen LogP contribution in [0.2, 0.25) is 0 Å². The second-order valence-corrected chi connectivity index (χ2v) is 6.63. The number of nitrogens with two attached hydrogens (primary N) is 1. The van der Waals surface area contributed by atoms with Gasteiger partial charge in [0.25, 0.3) is 0 Å². The average Bonchev–Trinajstić information content (AvgIpc) is 3.10. The molecular formula is C23H23NO2. The van der Waals surface area contributed by atoms with Crippen molar-refractivity contribution in [1.82, 2.24) is 0 Å². The van der Waals surface area contributed by atoms with Crippen molar-refractivity contribution in [2.24, 2.45) is 5.73 Å². The number of ether oxygens (including phenoxy) is 2. The highest BCUT2D eigenvalue weighted by atomic mass is 16.5. The maximum atomic E-state index is 6.28. The molecule has 0 aliphatic carbocycles. The largest absolute Gasteiger partial charge is 0.497 e. The molecule has 0 saturated carbocycles. The first kappa shape index (κ1) is 16.7. The van der Waals surface area contributed by atoms with E-state index in [2.05, 4.69) is 48.5 Å². The summed E-state index contributed by atoms with van der Waals surface area (Å²) >= 11 is 0. The van der Waals surface area contributed by atoms with Crippen LogP contribution in [0.1, 0.15) is 12.0 Å². The number of hydrogen-bond donors (Lipinski definition) is 1. The van der Waals surface area contributed by atoms with E-state index in [-0.39, 0.29) is 6.10 Å². The first-order valence-corrected chi connectivity index (χ1v) is 9.02. The molecule has 0 fully saturated rings. The first-order chi connectivity index (χ1) is 12.8. The van der Waals surface area contributed by atoms with Gasteiger partial charge in [0, 0.05) is 12.0 Å². The van der Waals surface area contributed by atoms with Gasteiger partial charge in [-0.05, 0) is 59.5 Å². The van der Waals surface area contributed by atoms with E-state index in [1.54, 1.807) is 7.11 Å². The molecule has 0 bridgehead atoms. The van der Waals surface area contributed by atoms with E-state index in [9.17, 15) is 0 Å². The third kappa shape index (κ3) is 3.18. The molecule has 0 radical (unpaired) electrons. The zero-order chi connectivity index (χ0) is 17.9. The summed E-state index contributed by atoms with van der Waals surface area (Å²) in [7, 11) is 1.69. The van der Waals surface area contributed by atoms with Crippen LogP contribution in [0.25, 0.3) is 22.3 Å². The lowest BCUT2D eigenvalue weighted by Crippen LogP contribution is -2.17. The third-order valence-corrected chi connectivity index (χ3v) is 4.87. The van der Waals surface area contributed by atoms with Gasteiger partial charge >= 0.3 is 0 Å². The normalized spacial score (nSPS) is 15.4. The lowest BCUT2D eigenvalue weighted by molar-refractivity contribution is 0.225. The van der Waals surface area contributed by atoms with Gasteiger partial charge in [-0.3, -0.25) is 0 Å². The molecule has 0 spiro atoms. The molecule has 3 heteroatoms. The van der Waals surface area contributed by atoms with Crippen LogP contribution in [0.15, 0.2) is 66.7 Å². The molecule has 26 heavy (non-hydrogen) atoms. The molecule has 4 rings (SSSR count). The molecular weight excluding hydrogens is 322 g/mol. The second-order valence-electron chi connectivity index (χ2n) is 6.63. The van der Waals surface area contributed by atoms with Gasteiger partial charge in [0.2, 0.25) is 0 Å².